The number of aryl methyl sites for hydroxylation is 1. The number of amides is 1. The molecule has 1 amide bonds. The van der Waals surface area contributed by atoms with Gasteiger partial charge >= 0.3 is 0 Å². The number of benzene rings is 1. The molecule has 1 aromatic heterocycles. The minimum atomic E-state index is 0.000874. The summed E-state index contributed by atoms with van der Waals surface area (Å²) >= 11 is 6.08. The zero-order chi connectivity index (χ0) is 15.1. The molecule has 0 radical (unpaired) electrons. The predicted octanol–water partition coefficient (Wildman–Crippen LogP) is 3.24. The summed E-state index contributed by atoms with van der Waals surface area (Å²) in [6, 6.07) is 7.30. The molecule has 5 nitrogen and oxygen atoms in total. The Kier molecular flexibility index (Phi) is 5.75. The molecule has 0 aliphatic rings. The molecule has 21 heavy (non-hydrogen) atoms. The molecule has 0 atom stereocenters. The van der Waals surface area contributed by atoms with Gasteiger partial charge in [-0.1, -0.05) is 42.2 Å². The summed E-state index contributed by atoms with van der Waals surface area (Å²) in [7, 11) is 0. The van der Waals surface area contributed by atoms with E-state index in [0.717, 1.165) is 18.4 Å². The topological polar surface area (TPSA) is 68.0 Å². The number of nitrogens with one attached hydrogen (secondary N) is 1. The van der Waals surface area contributed by atoms with Crippen LogP contribution in [0.25, 0.3) is 11.4 Å². The highest BCUT2D eigenvalue weighted by Gasteiger charge is 2.12. The molecule has 1 N–H and O–H groups in total. The van der Waals surface area contributed by atoms with Crippen molar-refractivity contribution in [3.63, 3.8) is 0 Å². The molecule has 0 spiro atoms. The van der Waals surface area contributed by atoms with Crippen molar-refractivity contribution < 1.29 is 9.32 Å². The van der Waals surface area contributed by atoms with Crippen molar-refractivity contribution in [1.82, 2.24) is 15.5 Å². The van der Waals surface area contributed by atoms with Crippen LogP contribution in [-0.4, -0.2) is 22.6 Å². The van der Waals surface area contributed by atoms with Crippen LogP contribution in [0.5, 0.6) is 0 Å². The fourth-order valence-corrected chi connectivity index (χ4v) is 2.04. The standard InChI is InChI=1S/C15H18ClN3O2/c1-2-3-10-17-13(20)8-9-14-18-15(19-21-14)11-6-4-5-7-12(11)16/h4-7H,2-3,8-10H2,1H3,(H,17,20). The first-order valence-electron chi connectivity index (χ1n) is 7.05. The molecule has 0 fully saturated rings. The van der Waals surface area contributed by atoms with E-state index in [1.165, 1.54) is 0 Å². The van der Waals surface area contributed by atoms with Gasteiger partial charge in [-0.15, -0.1) is 0 Å². The maximum absolute atomic E-state index is 11.6. The van der Waals surface area contributed by atoms with Gasteiger partial charge in [0, 0.05) is 24.9 Å². The first-order chi connectivity index (χ1) is 10.2. The quantitative estimate of drug-likeness (QED) is 0.797. The van der Waals surface area contributed by atoms with Gasteiger partial charge in [0.25, 0.3) is 0 Å². The van der Waals surface area contributed by atoms with Gasteiger partial charge in [-0.05, 0) is 18.6 Å². The van der Waals surface area contributed by atoms with Crippen molar-refractivity contribution in [3.05, 3.63) is 35.2 Å². The number of unbranched alkanes of at least 4 members (excludes halogenated alkanes) is 1. The van der Waals surface area contributed by atoms with Crippen LogP contribution in [0.3, 0.4) is 0 Å². The van der Waals surface area contributed by atoms with Gasteiger partial charge in [-0.3, -0.25) is 4.79 Å². The molecular weight excluding hydrogens is 290 g/mol. The predicted molar refractivity (Wildman–Crippen MR) is 81.0 cm³/mol. The minimum Gasteiger partial charge on any atom is -0.356 e. The molecule has 6 heteroatoms. The number of nitrogens with zero attached hydrogens (tertiary/aromatic N) is 2. The van der Waals surface area contributed by atoms with E-state index in [1.54, 1.807) is 6.07 Å². The second-order valence-corrected chi connectivity index (χ2v) is 5.10. The van der Waals surface area contributed by atoms with E-state index in [4.69, 9.17) is 16.1 Å². The molecular formula is C15H18ClN3O2. The Hall–Kier alpha value is -1.88. The van der Waals surface area contributed by atoms with Crippen LogP contribution in [0.1, 0.15) is 32.1 Å². The molecule has 0 saturated carbocycles. The smallest absolute Gasteiger partial charge is 0.227 e. The van der Waals surface area contributed by atoms with Crippen molar-refractivity contribution in [2.24, 2.45) is 0 Å². The highest BCUT2D eigenvalue weighted by molar-refractivity contribution is 6.33. The van der Waals surface area contributed by atoms with Crippen LogP contribution in [0, 0.1) is 0 Å². The fraction of sp³-hybridized carbons (Fsp3) is 0.400. The first kappa shape index (κ1) is 15.5. The third-order valence-corrected chi connectivity index (χ3v) is 3.33. The highest BCUT2D eigenvalue weighted by atomic mass is 35.5. The van der Waals surface area contributed by atoms with Crippen LogP contribution < -0.4 is 5.32 Å². The molecule has 0 aliphatic heterocycles. The van der Waals surface area contributed by atoms with Crippen molar-refractivity contribution >= 4 is 17.5 Å². The van der Waals surface area contributed by atoms with E-state index >= 15 is 0 Å². The number of carbonyl (C=O) groups is 1. The molecule has 0 saturated heterocycles. The third kappa shape index (κ3) is 4.56. The van der Waals surface area contributed by atoms with Crippen LogP contribution in [-0.2, 0) is 11.2 Å². The van der Waals surface area contributed by atoms with Crippen molar-refractivity contribution in [3.8, 4) is 11.4 Å². The number of aromatic nitrogens is 2. The molecule has 0 unspecified atom stereocenters. The van der Waals surface area contributed by atoms with Gasteiger partial charge in [0.2, 0.25) is 17.6 Å². The zero-order valence-corrected chi connectivity index (χ0v) is 12.7. The van der Waals surface area contributed by atoms with Gasteiger partial charge in [-0.2, -0.15) is 4.98 Å². The van der Waals surface area contributed by atoms with E-state index < -0.39 is 0 Å². The van der Waals surface area contributed by atoms with Crippen LogP contribution >= 0.6 is 11.6 Å². The second-order valence-electron chi connectivity index (χ2n) is 4.70. The summed E-state index contributed by atoms with van der Waals surface area (Å²) in [5.41, 5.74) is 0.724. The van der Waals surface area contributed by atoms with E-state index in [1.807, 2.05) is 18.2 Å². The van der Waals surface area contributed by atoms with Crippen LogP contribution in [0.15, 0.2) is 28.8 Å². The van der Waals surface area contributed by atoms with E-state index in [-0.39, 0.29) is 5.91 Å². The van der Waals surface area contributed by atoms with Gasteiger partial charge in [0.15, 0.2) is 0 Å². The van der Waals surface area contributed by atoms with Crippen LogP contribution in [0.2, 0.25) is 5.02 Å². The normalized spacial score (nSPS) is 10.6. The number of hydrogen-bond donors (Lipinski definition) is 1. The average molecular weight is 308 g/mol. The molecule has 112 valence electrons. The molecule has 2 rings (SSSR count). The van der Waals surface area contributed by atoms with Crippen molar-refractivity contribution in [2.45, 2.75) is 32.6 Å². The number of rotatable bonds is 7. The Balaban J connectivity index is 1.89. The lowest BCUT2D eigenvalue weighted by Crippen LogP contribution is -2.24. The summed E-state index contributed by atoms with van der Waals surface area (Å²) in [5.74, 6) is 0.887. The summed E-state index contributed by atoms with van der Waals surface area (Å²) < 4.78 is 5.15. The molecule has 0 aliphatic carbocycles. The summed E-state index contributed by atoms with van der Waals surface area (Å²) in [5, 5.41) is 7.32. The molecule has 1 heterocycles. The Morgan fingerprint density at radius 1 is 1.38 bits per heavy atom. The lowest BCUT2D eigenvalue weighted by atomic mass is 10.2. The Morgan fingerprint density at radius 3 is 2.95 bits per heavy atom. The largest absolute Gasteiger partial charge is 0.356 e. The number of carbonyl (C=O) groups excluding carboxylic acids is 1. The lowest BCUT2D eigenvalue weighted by molar-refractivity contribution is -0.121. The van der Waals surface area contributed by atoms with Gasteiger partial charge in [0.05, 0.1) is 5.02 Å². The monoisotopic (exact) mass is 307 g/mol. The molecule has 2 aromatic rings. The SMILES string of the molecule is CCCCNC(=O)CCc1nc(-c2ccccc2Cl)no1. The van der Waals surface area contributed by atoms with Crippen LogP contribution in [0.4, 0.5) is 0 Å². The maximum atomic E-state index is 11.6. The zero-order valence-electron chi connectivity index (χ0n) is 11.9. The van der Waals surface area contributed by atoms with Gasteiger partial charge in [-0.25, -0.2) is 0 Å². The average Bonchev–Trinajstić information content (AvgIpc) is 2.94. The van der Waals surface area contributed by atoms with E-state index in [9.17, 15) is 4.79 Å². The third-order valence-electron chi connectivity index (χ3n) is 3.00. The Bertz CT molecular complexity index is 598. The van der Waals surface area contributed by atoms with Gasteiger partial charge in [0.1, 0.15) is 0 Å². The Morgan fingerprint density at radius 2 is 2.19 bits per heavy atom. The Labute approximate surface area is 128 Å². The summed E-state index contributed by atoms with van der Waals surface area (Å²) in [4.78, 5) is 15.9. The van der Waals surface area contributed by atoms with E-state index in [2.05, 4.69) is 22.4 Å². The fourth-order valence-electron chi connectivity index (χ4n) is 1.82. The maximum Gasteiger partial charge on any atom is 0.227 e. The second kappa shape index (κ2) is 7.78. The molecule has 0 bridgehead atoms. The van der Waals surface area contributed by atoms with E-state index in [0.29, 0.717) is 36.1 Å². The lowest BCUT2D eigenvalue weighted by Gasteiger charge is -2.01. The molecule has 1 aromatic carbocycles. The number of hydrogen-bond acceptors (Lipinski definition) is 4. The summed E-state index contributed by atoms with van der Waals surface area (Å²) in [6.45, 7) is 2.80. The van der Waals surface area contributed by atoms with Crippen molar-refractivity contribution in [2.75, 3.05) is 6.54 Å². The van der Waals surface area contributed by atoms with Gasteiger partial charge < -0.3 is 9.84 Å². The van der Waals surface area contributed by atoms with Crippen molar-refractivity contribution in [1.29, 1.82) is 0 Å². The number of halogens is 1. The highest BCUT2D eigenvalue weighted by Crippen LogP contribution is 2.24. The first-order valence-corrected chi connectivity index (χ1v) is 7.42. The minimum absolute atomic E-state index is 0.000874. The summed E-state index contributed by atoms with van der Waals surface area (Å²) in [6.07, 6.45) is 2.82.